The van der Waals surface area contributed by atoms with Crippen LogP contribution in [0.4, 0.5) is 17.6 Å². The van der Waals surface area contributed by atoms with Crippen LogP contribution in [0.2, 0.25) is 0 Å². The van der Waals surface area contributed by atoms with Crippen LogP contribution in [-0.4, -0.2) is 42.4 Å². The van der Waals surface area contributed by atoms with Crippen LogP contribution in [0.5, 0.6) is 0 Å². The van der Waals surface area contributed by atoms with Crippen molar-refractivity contribution in [2.75, 3.05) is 13.1 Å². The fraction of sp³-hybridized carbons (Fsp3) is 0.400. The molecule has 3 amide bonds. The molecule has 2 aromatic rings. The first-order valence-corrected chi connectivity index (χ1v) is 11.2. The monoisotopic (exact) mass is 510 g/mol. The summed E-state index contributed by atoms with van der Waals surface area (Å²) in [5.41, 5.74) is -0.684. The lowest BCUT2D eigenvalue weighted by Gasteiger charge is -2.26. The number of carbonyl (C=O) groups excluding carboxylic acids is 3. The van der Waals surface area contributed by atoms with E-state index in [2.05, 4.69) is 21.3 Å². The highest BCUT2D eigenvalue weighted by Gasteiger charge is 2.31. The van der Waals surface area contributed by atoms with Crippen LogP contribution < -0.4 is 21.3 Å². The third kappa shape index (κ3) is 9.29. The Morgan fingerprint density at radius 3 is 2.31 bits per heavy atom. The number of benzene rings is 2. The molecule has 1 atom stereocenters. The van der Waals surface area contributed by atoms with E-state index in [1.165, 1.54) is 12.1 Å². The molecule has 0 aliphatic carbocycles. The lowest BCUT2D eigenvalue weighted by molar-refractivity contribution is -0.137. The zero-order chi connectivity index (χ0) is 27.1. The molecular formula is C25H30F4N4O3. The average molecular weight is 511 g/mol. The van der Waals surface area contributed by atoms with E-state index in [9.17, 15) is 31.9 Å². The van der Waals surface area contributed by atoms with E-state index >= 15 is 0 Å². The molecule has 0 saturated heterocycles. The van der Waals surface area contributed by atoms with Crippen molar-refractivity contribution in [1.82, 2.24) is 21.3 Å². The summed E-state index contributed by atoms with van der Waals surface area (Å²) in [7, 11) is 0. The van der Waals surface area contributed by atoms with Crippen LogP contribution in [0.3, 0.4) is 0 Å². The van der Waals surface area contributed by atoms with Gasteiger partial charge in [0, 0.05) is 24.2 Å². The zero-order valence-electron chi connectivity index (χ0n) is 20.5. The van der Waals surface area contributed by atoms with Crippen molar-refractivity contribution >= 4 is 17.7 Å². The van der Waals surface area contributed by atoms with Crippen LogP contribution in [0.25, 0.3) is 0 Å². The molecule has 0 unspecified atom stereocenters. The quantitative estimate of drug-likeness (QED) is 0.390. The molecule has 0 bridgehead atoms. The number of halogens is 4. The molecule has 2 aromatic carbocycles. The van der Waals surface area contributed by atoms with E-state index in [0.29, 0.717) is 17.2 Å². The largest absolute Gasteiger partial charge is 0.416 e. The van der Waals surface area contributed by atoms with Gasteiger partial charge in [-0.05, 0) is 63.1 Å². The smallest absolute Gasteiger partial charge is 0.350 e. The average Bonchev–Trinajstić information content (AvgIpc) is 2.77. The lowest BCUT2D eigenvalue weighted by Crippen LogP contribution is -2.56. The van der Waals surface area contributed by atoms with Crippen LogP contribution in [0.15, 0.2) is 42.5 Å². The predicted octanol–water partition coefficient (Wildman–Crippen LogP) is 3.07. The molecule has 11 heteroatoms. The maximum atomic E-state index is 13.8. The van der Waals surface area contributed by atoms with E-state index in [0.717, 1.165) is 12.1 Å². The van der Waals surface area contributed by atoms with Crippen molar-refractivity contribution in [3.8, 4) is 0 Å². The summed E-state index contributed by atoms with van der Waals surface area (Å²) in [6, 6.07) is 7.51. The van der Waals surface area contributed by atoms with Crippen LogP contribution in [0, 0.1) is 12.7 Å². The molecular weight excluding hydrogens is 480 g/mol. The predicted molar refractivity (Wildman–Crippen MR) is 126 cm³/mol. The number of carbonyl (C=O) groups is 3. The molecule has 0 fully saturated rings. The number of alkyl halides is 3. The SMILES string of the molecule is Cc1ccc(CNC[C@H](NC(=O)CNC(=O)c2cccc(C(F)(F)F)c2)C(=O)NC(C)(C)C)cc1F. The second-order valence-electron chi connectivity index (χ2n) is 9.34. The van der Waals surface area contributed by atoms with Gasteiger partial charge in [0.15, 0.2) is 0 Å². The van der Waals surface area contributed by atoms with Crippen LogP contribution >= 0.6 is 0 Å². The summed E-state index contributed by atoms with van der Waals surface area (Å²) >= 11 is 0. The lowest BCUT2D eigenvalue weighted by atomic mass is 10.1. The van der Waals surface area contributed by atoms with Crippen molar-refractivity contribution < 1.29 is 31.9 Å². The number of nitrogens with one attached hydrogen (secondary N) is 4. The van der Waals surface area contributed by atoms with Gasteiger partial charge >= 0.3 is 6.18 Å². The highest BCUT2D eigenvalue weighted by Crippen LogP contribution is 2.29. The summed E-state index contributed by atoms with van der Waals surface area (Å²) in [5.74, 6) is -2.43. The van der Waals surface area contributed by atoms with Gasteiger partial charge in [-0.3, -0.25) is 14.4 Å². The maximum Gasteiger partial charge on any atom is 0.416 e. The number of rotatable bonds is 9. The summed E-state index contributed by atoms with van der Waals surface area (Å²) < 4.78 is 52.4. The Kier molecular flexibility index (Phi) is 9.57. The van der Waals surface area contributed by atoms with Gasteiger partial charge in [0.05, 0.1) is 12.1 Å². The van der Waals surface area contributed by atoms with Gasteiger partial charge in [-0.15, -0.1) is 0 Å². The van der Waals surface area contributed by atoms with E-state index in [1.54, 1.807) is 39.8 Å². The molecule has 2 rings (SSSR count). The van der Waals surface area contributed by atoms with Gasteiger partial charge in [0.2, 0.25) is 11.8 Å². The van der Waals surface area contributed by atoms with Crippen molar-refractivity contribution in [2.24, 2.45) is 0 Å². The van der Waals surface area contributed by atoms with Crippen molar-refractivity contribution in [3.05, 3.63) is 70.5 Å². The molecule has 0 aromatic heterocycles. The summed E-state index contributed by atoms with van der Waals surface area (Å²) in [5, 5.41) is 10.5. The molecule has 7 nitrogen and oxygen atoms in total. The Labute approximate surface area is 207 Å². The van der Waals surface area contributed by atoms with Crippen molar-refractivity contribution in [3.63, 3.8) is 0 Å². The first-order valence-electron chi connectivity index (χ1n) is 11.2. The first kappa shape index (κ1) is 28.8. The third-order valence-corrected chi connectivity index (χ3v) is 4.93. The molecule has 0 heterocycles. The molecule has 0 aliphatic heterocycles. The Bertz CT molecular complexity index is 1100. The Balaban J connectivity index is 1.99. The summed E-state index contributed by atoms with van der Waals surface area (Å²) in [6.07, 6.45) is -4.61. The van der Waals surface area contributed by atoms with Gasteiger partial charge in [-0.2, -0.15) is 13.2 Å². The second-order valence-corrected chi connectivity index (χ2v) is 9.34. The minimum absolute atomic E-state index is 0.00469. The van der Waals surface area contributed by atoms with Crippen LogP contribution in [0.1, 0.15) is 47.8 Å². The molecule has 0 saturated carbocycles. The molecule has 0 spiro atoms. The number of aryl methyl sites for hydroxylation is 1. The highest BCUT2D eigenvalue weighted by atomic mass is 19.4. The minimum Gasteiger partial charge on any atom is -0.350 e. The Hall–Kier alpha value is -3.47. The normalized spacial score (nSPS) is 12.6. The number of amides is 3. The molecule has 0 aliphatic rings. The standard InChI is InChI=1S/C25H30F4N4O3/c1-15-8-9-16(10-19(15)26)12-30-13-20(23(36)33-24(2,3)4)32-21(34)14-31-22(35)17-6-5-7-18(11-17)25(27,28)29/h5-11,20,30H,12-14H2,1-4H3,(H,31,35)(H,32,34)(H,33,36)/t20-/m0/s1. The van der Waals surface area contributed by atoms with Crippen LogP contribution in [-0.2, 0) is 22.3 Å². The van der Waals surface area contributed by atoms with Gasteiger partial charge in [-0.1, -0.05) is 18.2 Å². The second kappa shape index (κ2) is 12.0. The fourth-order valence-corrected chi connectivity index (χ4v) is 3.12. The first-order chi connectivity index (χ1) is 16.7. The fourth-order valence-electron chi connectivity index (χ4n) is 3.12. The molecule has 4 N–H and O–H groups in total. The van der Waals surface area contributed by atoms with Gasteiger partial charge in [-0.25, -0.2) is 4.39 Å². The highest BCUT2D eigenvalue weighted by molar-refractivity contribution is 5.97. The number of hydrogen-bond donors (Lipinski definition) is 4. The molecule has 36 heavy (non-hydrogen) atoms. The third-order valence-electron chi connectivity index (χ3n) is 4.93. The van der Waals surface area contributed by atoms with Crippen molar-refractivity contribution in [1.29, 1.82) is 0 Å². The van der Waals surface area contributed by atoms with E-state index < -0.39 is 47.6 Å². The van der Waals surface area contributed by atoms with E-state index in [1.807, 2.05) is 0 Å². The van der Waals surface area contributed by atoms with Crippen molar-refractivity contribution in [2.45, 2.75) is 52.0 Å². The summed E-state index contributed by atoms with van der Waals surface area (Å²) in [6.45, 7) is 6.62. The Morgan fingerprint density at radius 1 is 1.00 bits per heavy atom. The maximum absolute atomic E-state index is 13.8. The van der Waals surface area contributed by atoms with E-state index in [4.69, 9.17) is 0 Å². The zero-order valence-corrected chi connectivity index (χ0v) is 20.5. The topological polar surface area (TPSA) is 99.3 Å². The summed E-state index contributed by atoms with van der Waals surface area (Å²) in [4.78, 5) is 37.4. The molecule has 196 valence electrons. The Morgan fingerprint density at radius 2 is 1.69 bits per heavy atom. The van der Waals surface area contributed by atoms with Gasteiger partial charge in [0.1, 0.15) is 11.9 Å². The van der Waals surface area contributed by atoms with E-state index in [-0.39, 0.29) is 24.5 Å². The molecule has 0 radical (unpaired) electrons. The van der Waals surface area contributed by atoms with Gasteiger partial charge < -0.3 is 21.3 Å². The number of hydrogen-bond acceptors (Lipinski definition) is 4. The minimum atomic E-state index is -4.61. The van der Waals surface area contributed by atoms with Gasteiger partial charge in [0.25, 0.3) is 5.91 Å².